The molecule has 7 nitrogen and oxygen atoms in total. The number of hydrogen-bond donors (Lipinski definition) is 1. The van der Waals surface area contributed by atoms with Crippen molar-refractivity contribution >= 4 is 29.6 Å². The highest BCUT2D eigenvalue weighted by molar-refractivity contribution is 6.31. The van der Waals surface area contributed by atoms with Crippen LogP contribution in [0.4, 0.5) is 0 Å². The van der Waals surface area contributed by atoms with Gasteiger partial charge < -0.3 is 10.1 Å². The predicted octanol–water partition coefficient (Wildman–Crippen LogP) is 2.72. The number of esters is 1. The lowest BCUT2D eigenvalue weighted by atomic mass is 10.0. The van der Waals surface area contributed by atoms with E-state index < -0.39 is 5.97 Å². The lowest BCUT2D eigenvalue weighted by molar-refractivity contribution is -0.144. The zero-order valence-corrected chi connectivity index (χ0v) is 18.1. The summed E-state index contributed by atoms with van der Waals surface area (Å²) in [6.45, 7) is 4.27. The first-order valence-corrected chi connectivity index (χ1v) is 10.4. The molecule has 1 aromatic heterocycles. The van der Waals surface area contributed by atoms with Gasteiger partial charge in [0.05, 0.1) is 5.69 Å². The summed E-state index contributed by atoms with van der Waals surface area (Å²) in [5, 5.41) is 7.56. The van der Waals surface area contributed by atoms with Crippen LogP contribution in [0.25, 0.3) is 6.08 Å². The Kier molecular flexibility index (Phi) is 7.65. The van der Waals surface area contributed by atoms with Crippen molar-refractivity contribution in [3.8, 4) is 0 Å². The summed E-state index contributed by atoms with van der Waals surface area (Å²) in [6.07, 6.45) is 4.56. The first-order valence-electron chi connectivity index (χ1n) is 10.0. The standard InChI is InChI=1S/C22H27ClN4O3/c1-16-19(22(23)26(2)25-16)8-9-21(29)30-15-20(28)24-18-10-12-27(13-11-18)14-17-6-4-3-5-7-17/h3-9,18H,10-15H2,1-2H3,(H,24,28)/b9-8+. The number of aromatic nitrogens is 2. The van der Waals surface area contributed by atoms with Gasteiger partial charge in [-0.15, -0.1) is 0 Å². The number of nitrogens with zero attached hydrogens (tertiary/aromatic N) is 3. The summed E-state index contributed by atoms with van der Waals surface area (Å²) < 4.78 is 6.56. The van der Waals surface area contributed by atoms with Crippen LogP contribution in [0.15, 0.2) is 36.4 Å². The molecule has 0 spiro atoms. The van der Waals surface area contributed by atoms with E-state index in [1.54, 1.807) is 20.0 Å². The van der Waals surface area contributed by atoms with Crippen molar-refractivity contribution in [1.29, 1.82) is 0 Å². The number of carbonyl (C=O) groups excluding carboxylic acids is 2. The maximum atomic E-state index is 12.1. The molecule has 8 heteroatoms. The van der Waals surface area contributed by atoms with Crippen molar-refractivity contribution in [3.63, 3.8) is 0 Å². The number of halogens is 1. The van der Waals surface area contributed by atoms with E-state index in [1.807, 2.05) is 18.2 Å². The second-order valence-corrected chi connectivity index (χ2v) is 7.82. The summed E-state index contributed by atoms with van der Waals surface area (Å²) >= 11 is 6.12. The van der Waals surface area contributed by atoms with Gasteiger partial charge >= 0.3 is 5.97 Å². The van der Waals surface area contributed by atoms with Crippen LogP contribution in [-0.4, -0.2) is 52.3 Å². The lowest BCUT2D eigenvalue weighted by Crippen LogP contribution is -2.45. The fraction of sp³-hybridized carbons (Fsp3) is 0.409. The van der Waals surface area contributed by atoms with Crippen molar-refractivity contribution in [2.24, 2.45) is 7.05 Å². The second kappa shape index (κ2) is 10.4. The van der Waals surface area contributed by atoms with Gasteiger partial charge in [-0.2, -0.15) is 5.10 Å². The zero-order valence-electron chi connectivity index (χ0n) is 17.3. The molecule has 1 aliphatic heterocycles. The summed E-state index contributed by atoms with van der Waals surface area (Å²) in [6, 6.07) is 10.5. The van der Waals surface area contributed by atoms with E-state index in [9.17, 15) is 9.59 Å². The van der Waals surface area contributed by atoms with E-state index in [2.05, 4.69) is 27.4 Å². The molecule has 30 heavy (non-hydrogen) atoms. The Morgan fingerprint density at radius 2 is 1.97 bits per heavy atom. The number of ether oxygens (including phenoxy) is 1. The Balaban J connectivity index is 1.37. The Hall–Kier alpha value is -2.64. The van der Waals surface area contributed by atoms with E-state index in [1.165, 1.54) is 16.3 Å². The maximum Gasteiger partial charge on any atom is 0.331 e. The Morgan fingerprint density at radius 1 is 1.27 bits per heavy atom. The van der Waals surface area contributed by atoms with Gasteiger partial charge in [-0.1, -0.05) is 41.9 Å². The van der Waals surface area contributed by atoms with E-state index >= 15 is 0 Å². The van der Waals surface area contributed by atoms with Crippen LogP contribution in [-0.2, 0) is 27.9 Å². The highest BCUT2D eigenvalue weighted by Gasteiger charge is 2.21. The predicted molar refractivity (Wildman–Crippen MR) is 116 cm³/mol. The van der Waals surface area contributed by atoms with Gasteiger partial charge in [0.25, 0.3) is 5.91 Å². The molecular weight excluding hydrogens is 404 g/mol. The van der Waals surface area contributed by atoms with Crippen LogP contribution in [0, 0.1) is 6.92 Å². The molecule has 0 unspecified atom stereocenters. The van der Waals surface area contributed by atoms with Gasteiger partial charge in [0.2, 0.25) is 0 Å². The molecule has 2 aromatic rings. The summed E-state index contributed by atoms with van der Waals surface area (Å²) in [7, 11) is 1.72. The number of hydrogen-bond acceptors (Lipinski definition) is 5. The molecule has 160 valence electrons. The molecule has 0 atom stereocenters. The van der Waals surface area contributed by atoms with Gasteiger partial charge in [-0.3, -0.25) is 14.4 Å². The van der Waals surface area contributed by atoms with Gasteiger partial charge in [-0.05, 0) is 31.4 Å². The third-order valence-electron chi connectivity index (χ3n) is 5.13. The van der Waals surface area contributed by atoms with Crippen LogP contribution >= 0.6 is 11.6 Å². The molecule has 0 saturated carbocycles. The average molecular weight is 431 g/mol. The number of benzene rings is 1. The summed E-state index contributed by atoms with van der Waals surface area (Å²) in [5.74, 6) is -0.879. The van der Waals surface area contributed by atoms with Crippen molar-refractivity contribution in [1.82, 2.24) is 20.0 Å². The average Bonchev–Trinajstić information content (AvgIpc) is 2.98. The topological polar surface area (TPSA) is 76.5 Å². The number of aryl methyl sites for hydroxylation is 2. The summed E-state index contributed by atoms with van der Waals surface area (Å²) in [5.41, 5.74) is 2.66. The van der Waals surface area contributed by atoms with Crippen LogP contribution < -0.4 is 5.32 Å². The molecule has 1 saturated heterocycles. The number of piperidine rings is 1. The molecule has 1 amide bonds. The minimum atomic E-state index is -0.595. The highest BCUT2D eigenvalue weighted by atomic mass is 35.5. The van der Waals surface area contributed by atoms with Crippen molar-refractivity contribution in [2.75, 3.05) is 19.7 Å². The van der Waals surface area contributed by atoms with Gasteiger partial charge in [0.1, 0.15) is 5.15 Å². The molecule has 1 aromatic carbocycles. The minimum absolute atomic E-state index is 0.107. The molecule has 3 rings (SSSR count). The number of likely N-dealkylation sites (tertiary alicyclic amines) is 1. The molecule has 0 radical (unpaired) electrons. The highest BCUT2D eigenvalue weighted by Crippen LogP contribution is 2.20. The van der Waals surface area contributed by atoms with Gasteiger partial charge in [0, 0.05) is 44.4 Å². The number of rotatable bonds is 7. The molecule has 1 aliphatic rings. The van der Waals surface area contributed by atoms with Gasteiger partial charge in [-0.25, -0.2) is 4.79 Å². The van der Waals surface area contributed by atoms with Crippen molar-refractivity contribution in [3.05, 3.63) is 58.4 Å². The normalized spacial score (nSPS) is 15.4. The third-order valence-corrected chi connectivity index (χ3v) is 5.58. The minimum Gasteiger partial charge on any atom is -0.452 e. The second-order valence-electron chi connectivity index (χ2n) is 7.46. The lowest BCUT2D eigenvalue weighted by Gasteiger charge is -2.32. The maximum absolute atomic E-state index is 12.1. The van der Waals surface area contributed by atoms with E-state index in [0.717, 1.165) is 32.5 Å². The largest absolute Gasteiger partial charge is 0.452 e. The Labute approximate surface area is 181 Å². The van der Waals surface area contributed by atoms with Crippen LogP contribution in [0.2, 0.25) is 5.15 Å². The number of nitrogens with one attached hydrogen (secondary N) is 1. The molecule has 1 N–H and O–H groups in total. The molecule has 1 fully saturated rings. The number of amides is 1. The summed E-state index contributed by atoms with van der Waals surface area (Å²) in [4.78, 5) is 26.4. The zero-order chi connectivity index (χ0) is 21.5. The number of carbonyl (C=O) groups is 2. The Bertz CT molecular complexity index is 903. The first kappa shape index (κ1) is 22.1. The Morgan fingerprint density at radius 3 is 2.60 bits per heavy atom. The molecule has 0 aliphatic carbocycles. The van der Waals surface area contributed by atoms with Crippen LogP contribution in [0.5, 0.6) is 0 Å². The van der Waals surface area contributed by atoms with Crippen molar-refractivity contribution in [2.45, 2.75) is 32.4 Å². The fourth-order valence-corrected chi connectivity index (χ4v) is 3.76. The van der Waals surface area contributed by atoms with Crippen LogP contribution in [0.3, 0.4) is 0 Å². The van der Waals surface area contributed by atoms with E-state index in [4.69, 9.17) is 16.3 Å². The van der Waals surface area contributed by atoms with Gasteiger partial charge in [0.15, 0.2) is 6.61 Å². The quantitative estimate of drug-likeness (QED) is 0.540. The van der Waals surface area contributed by atoms with E-state index in [-0.39, 0.29) is 18.6 Å². The van der Waals surface area contributed by atoms with Crippen LogP contribution in [0.1, 0.15) is 29.7 Å². The molecule has 0 bridgehead atoms. The SMILES string of the molecule is Cc1nn(C)c(Cl)c1/C=C/C(=O)OCC(=O)NC1CCN(Cc2ccccc2)CC1. The van der Waals surface area contributed by atoms with Crippen molar-refractivity contribution < 1.29 is 14.3 Å². The molecular formula is C22H27ClN4O3. The third kappa shape index (κ3) is 6.18. The smallest absolute Gasteiger partial charge is 0.331 e. The monoisotopic (exact) mass is 430 g/mol. The first-order chi connectivity index (χ1) is 14.4. The van der Waals surface area contributed by atoms with E-state index in [0.29, 0.717) is 16.4 Å². The molecule has 2 heterocycles. The fourth-order valence-electron chi connectivity index (χ4n) is 3.52.